The van der Waals surface area contributed by atoms with Crippen molar-refractivity contribution in [2.45, 2.75) is 32.7 Å². The highest BCUT2D eigenvalue weighted by Gasteiger charge is 2.44. The maximum atomic E-state index is 5.98. The predicted octanol–water partition coefficient (Wildman–Crippen LogP) is 1.93. The molecule has 5 nitrogen and oxygen atoms in total. The molecule has 0 bridgehead atoms. The van der Waals surface area contributed by atoms with Gasteiger partial charge in [-0.05, 0) is 26.2 Å². The van der Waals surface area contributed by atoms with Gasteiger partial charge < -0.3 is 21.5 Å². The van der Waals surface area contributed by atoms with E-state index in [9.17, 15) is 0 Å². The van der Waals surface area contributed by atoms with Crippen molar-refractivity contribution in [2.24, 2.45) is 0 Å². The molecule has 0 aromatic carbocycles. The Morgan fingerprint density at radius 1 is 0.562 bits per heavy atom. The summed E-state index contributed by atoms with van der Waals surface area (Å²) >= 11 is 0. The minimum absolute atomic E-state index is 1.60. The molecule has 0 fully saturated rings. The molecule has 0 aromatic heterocycles. The lowest BCUT2D eigenvalue weighted by Crippen LogP contribution is -2.55. The van der Waals surface area contributed by atoms with Gasteiger partial charge in [0.1, 0.15) is 0 Å². The Morgan fingerprint density at radius 3 is 1.31 bits per heavy atom. The summed E-state index contributed by atoms with van der Waals surface area (Å²) in [6.45, 7) is 9.79. The third-order valence-corrected chi connectivity index (χ3v) is 12.0. The summed E-state index contributed by atoms with van der Waals surface area (Å²) in [6.07, 6.45) is 0. The van der Waals surface area contributed by atoms with Crippen molar-refractivity contribution in [3.05, 3.63) is 0 Å². The van der Waals surface area contributed by atoms with Crippen LogP contribution in [0, 0.1) is 0 Å². The smallest absolute Gasteiger partial charge is 0.415 e. The number of hydrogen-bond acceptors (Lipinski definition) is 5. The summed E-state index contributed by atoms with van der Waals surface area (Å²) in [5, 5.41) is 0. The summed E-state index contributed by atoms with van der Waals surface area (Å²) < 4.78 is 27.9. The summed E-state index contributed by atoms with van der Waals surface area (Å²) in [7, 11) is -2.06. The molecular weight excluding hydrogens is 260 g/mol. The summed E-state index contributed by atoms with van der Waals surface area (Å²) in [5.41, 5.74) is 0. The molecule has 0 aliphatic carbocycles. The Balaban J connectivity index is 4.56. The van der Waals surface area contributed by atoms with Crippen LogP contribution in [0.4, 0.5) is 0 Å². The fraction of sp³-hybridized carbons (Fsp3) is 1.00. The van der Waals surface area contributed by atoms with Gasteiger partial charge in [-0.15, -0.1) is 0 Å². The van der Waals surface area contributed by atoms with Gasteiger partial charge in [0.2, 0.25) is 0 Å². The highest BCUT2D eigenvalue weighted by atomic mass is 28.5. The van der Waals surface area contributed by atoms with E-state index in [0.717, 1.165) is 0 Å². The van der Waals surface area contributed by atoms with Gasteiger partial charge in [-0.1, -0.05) is 0 Å². The van der Waals surface area contributed by atoms with Crippen molar-refractivity contribution in [2.75, 3.05) is 21.3 Å². The maximum absolute atomic E-state index is 5.98. The lowest BCUT2D eigenvalue weighted by atomic mass is 11.8. The van der Waals surface area contributed by atoms with Gasteiger partial charge in [0.25, 0.3) is 0 Å². The first kappa shape index (κ1) is 16.5. The summed E-state index contributed by atoms with van der Waals surface area (Å²) in [5.74, 6) is 0. The predicted molar refractivity (Wildman–Crippen MR) is 69.8 cm³/mol. The topological polar surface area (TPSA) is 46.2 Å². The standard InChI is InChI=1S/C8H24O5Si3/c1-9-14(4,5)12-15(6,7)13-16(8,10-2)11-3/h1-8H3. The molecule has 0 unspecified atom stereocenters. The third kappa shape index (κ3) is 5.68. The average Bonchev–Trinajstić information content (AvgIpc) is 2.15. The van der Waals surface area contributed by atoms with Gasteiger partial charge in [-0.2, -0.15) is 0 Å². The number of rotatable bonds is 7. The Kier molecular flexibility index (Phi) is 6.03. The largest absolute Gasteiger partial charge is 0.488 e. The zero-order valence-electron chi connectivity index (χ0n) is 11.5. The van der Waals surface area contributed by atoms with Crippen LogP contribution in [0.2, 0.25) is 32.7 Å². The molecule has 16 heavy (non-hydrogen) atoms. The molecule has 0 aliphatic rings. The fourth-order valence-corrected chi connectivity index (χ4v) is 11.3. The quantitative estimate of drug-likeness (QED) is 0.669. The highest BCUT2D eigenvalue weighted by Crippen LogP contribution is 2.21. The van der Waals surface area contributed by atoms with Gasteiger partial charge in [0.05, 0.1) is 0 Å². The molecule has 0 saturated carbocycles. The normalized spacial score (nSPS) is 14.2. The van der Waals surface area contributed by atoms with Crippen LogP contribution in [-0.4, -0.2) is 47.3 Å². The third-order valence-electron chi connectivity index (χ3n) is 2.16. The fourth-order valence-electron chi connectivity index (χ4n) is 1.27. The second kappa shape index (κ2) is 5.87. The highest BCUT2D eigenvalue weighted by molar-refractivity contribution is 6.83. The van der Waals surface area contributed by atoms with Crippen molar-refractivity contribution >= 4 is 25.9 Å². The molecule has 0 rings (SSSR count). The van der Waals surface area contributed by atoms with Gasteiger partial charge in [-0.3, -0.25) is 0 Å². The van der Waals surface area contributed by atoms with E-state index in [1.165, 1.54) is 0 Å². The first-order valence-corrected chi connectivity index (χ1v) is 13.0. The first-order chi connectivity index (χ1) is 7.10. The van der Waals surface area contributed by atoms with Crippen LogP contribution in [0.25, 0.3) is 0 Å². The number of hydrogen-bond donors (Lipinski definition) is 0. The molecule has 0 aromatic rings. The van der Waals surface area contributed by atoms with Crippen molar-refractivity contribution in [3.8, 4) is 0 Å². The van der Waals surface area contributed by atoms with Crippen molar-refractivity contribution in [1.29, 1.82) is 0 Å². The van der Waals surface area contributed by atoms with E-state index in [1.54, 1.807) is 21.3 Å². The van der Waals surface area contributed by atoms with Crippen LogP contribution < -0.4 is 0 Å². The maximum Gasteiger partial charge on any atom is 0.488 e. The van der Waals surface area contributed by atoms with E-state index < -0.39 is 25.9 Å². The molecule has 0 amide bonds. The zero-order chi connectivity index (χ0) is 13.0. The van der Waals surface area contributed by atoms with Crippen molar-refractivity contribution < 1.29 is 21.5 Å². The van der Waals surface area contributed by atoms with E-state index in [0.29, 0.717) is 0 Å². The van der Waals surface area contributed by atoms with Crippen LogP contribution in [0.5, 0.6) is 0 Å². The Labute approximate surface area is 102 Å². The molecule has 0 radical (unpaired) electrons. The van der Waals surface area contributed by atoms with E-state index in [1.807, 2.05) is 32.7 Å². The molecule has 0 atom stereocenters. The molecular formula is C8H24O5Si3. The van der Waals surface area contributed by atoms with Crippen molar-refractivity contribution in [1.82, 2.24) is 0 Å². The minimum Gasteiger partial charge on any atom is -0.415 e. The van der Waals surface area contributed by atoms with Crippen LogP contribution >= 0.6 is 0 Å². The van der Waals surface area contributed by atoms with Gasteiger partial charge in [0.15, 0.2) is 0 Å². The van der Waals surface area contributed by atoms with Crippen molar-refractivity contribution in [3.63, 3.8) is 0 Å². The molecule has 0 N–H and O–H groups in total. The van der Waals surface area contributed by atoms with Gasteiger partial charge in [-0.25, -0.2) is 0 Å². The first-order valence-electron chi connectivity index (χ1n) is 5.15. The molecule has 98 valence electrons. The van der Waals surface area contributed by atoms with E-state index in [2.05, 4.69) is 0 Å². The van der Waals surface area contributed by atoms with E-state index in [4.69, 9.17) is 21.5 Å². The lowest BCUT2D eigenvalue weighted by Gasteiger charge is -2.36. The van der Waals surface area contributed by atoms with Gasteiger partial charge >= 0.3 is 25.9 Å². The zero-order valence-corrected chi connectivity index (χ0v) is 14.5. The molecule has 8 heteroatoms. The molecule has 0 saturated heterocycles. The van der Waals surface area contributed by atoms with Crippen LogP contribution in [0.15, 0.2) is 0 Å². The van der Waals surface area contributed by atoms with Crippen LogP contribution in [0.3, 0.4) is 0 Å². The Hall–Kier alpha value is 0.451. The Bertz CT molecular complexity index is 218. The summed E-state index contributed by atoms with van der Waals surface area (Å²) in [6, 6.07) is 0. The lowest BCUT2D eigenvalue weighted by molar-refractivity contribution is 0.149. The SMILES string of the molecule is CO[Si](C)(C)O[Si](C)(C)O[Si](C)(OC)OC. The second-order valence-corrected chi connectivity index (χ2v) is 14.7. The van der Waals surface area contributed by atoms with E-state index >= 15 is 0 Å². The van der Waals surface area contributed by atoms with Gasteiger partial charge in [0, 0.05) is 27.9 Å². The van der Waals surface area contributed by atoms with E-state index in [-0.39, 0.29) is 0 Å². The van der Waals surface area contributed by atoms with Crippen LogP contribution in [-0.2, 0) is 21.5 Å². The monoisotopic (exact) mass is 284 g/mol. The molecule has 0 spiro atoms. The molecule has 0 aliphatic heterocycles. The summed E-state index contributed by atoms with van der Waals surface area (Å²) in [4.78, 5) is 0. The molecule has 0 heterocycles. The average molecular weight is 285 g/mol. The van der Waals surface area contributed by atoms with Crippen LogP contribution in [0.1, 0.15) is 0 Å². The minimum atomic E-state index is -2.54. The second-order valence-electron chi connectivity index (χ2n) is 4.48. The Morgan fingerprint density at radius 2 is 1.00 bits per heavy atom.